The number of hydrogen-bond donors (Lipinski definition) is 8. The first kappa shape index (κ1) is 47.0. The van der Waals surface area contributed by atoms with E-state index in [1.165, 1.54) is 5.57 Å². The second-order valence-corrected chi connectivity index (χ2v) is 19.6. The highest BCUT2D eigenvalue weighted by Crippen LogP contribution is 2.68. The lowest BCUT2D eigenvalue weighted by Gasteiger charge is -2.57. The molecule has 10 heteroatoms. The average molecular weight is 862 g/mol. The second kappa shape index (κ2) is 20.0. The van der Waals surface area contributed by atoms with Crippen molar-refractivity contribution in [3.05, 3.63) is 129 Å². The summed E-state index contributed by atoms with van der Waals surface area (Å²) in [6.07, 6.45) is 12.3. The molecule has 0 radical (unpaired) electrons. The van der Waals surface area contributed by atoms with Crippen molar-refractivity contribution in [1.29, 1.82) is 0 Å². The third-order valence-corrected chi connectivity index (χ3v) is 15.4. The van der Waals surface area contributed by atoms with Gasteiger partial charge < -0.3 is 36.6 Å². The van der Waals surface area contributed by atoms with Crippen molar-refractivity contribution < 1.29 is 35.1 Å². The van der Waals surface area contributed by atoms with Gasteiger partial charge in [0.1, 0.15) is 12.2 Å². The van der Waals surface area contributed by atoms with Crippen LogP contribution in [-0.4, -0.2) is 74.3 Å². The van der Waals surface area contributed by atoms with Crippen LogP contribution in [0.1, 0.15) is 131 Å². The second-order valence-electron chi connectivity index (χ2n) is 19.6. The van der Waals surface area contributed by atoms with Gasteiger partial charge in [0.2, 0.25) is 5.91 Å². The van der Waals surface area contributed by atoms with Crippen LogP contribution < -0.4 is 16.4 Å². The smallest absolute Gasteiger partial charge is 0.243 e. The van der Waals surface area contributed by atoms with E-state index < -0.39 is 53.4 Å². The molecular formula is C53H71N3O7. The first-order chi connectivity index (χ1) is 30.1. The van der Waals surface area contributed by atoms with Crippen LogP contribution in [0.3, 0.4) is 0 Å². The number of benzene rings is 2. The topological polar surface area (TPSA) is 185 Å². The Bertz CT molecular complexity index is 2150. The Hall–Kier alpha value is -4.00. The van der Waals surface area contributed by atoms with E-state index in [1.807, 2.05) is 61.5 Å². The van der Waals surface area contributed by atoms with Gasteiger partial charge in [0.25, 0.3) is 0 Å². The van der Waals surface area contributed by atoms with Crippen LogP contribution in [0.25, 0.3) is 0 Å². The minimum atomic E-state index is -1.22. The van der Waals surface area contributed by atoms with Gasteiger partial charge in [-0.05, 0) is 149 Å². The van der Waals surface area contributed by atoms with E-state index in [1.54, 1.807) is 0 Å². The lowest BCUT2D eigenvalue weighted by atomic mass is 9.51. The number of hydrogen-bond acceptors (Lipinski definition) is 9. The number of fused-ring (bicyclic) bond motifs is 4. The Morgan fingerprint density at radius 3 is 2.54 bits per heavy atom. The van der Waals surface area contributed by atoms with E-state index in [-0.39, 0.29) is 37.2 Å². The van der Waals surface area contributed by atoms with Gasteiger partial charge in [-0.15, -0.1) is 0 Å². The van der Waals surface area contributed by atoms with Crippen molar-refractivity contribution in [3.8, 4) is 0 Å². The summed E-state index contributed by atoms with van der Waals surface area (Å²) in [4.78, 5) is 28.4. The molecular weight excluding hydrogens is 791 g/mol. The highest BCUT2D eigenvalue weighted by molar-refractivity contribution is 5.98. The average Bonchev–Trinajstić information content (AvgIpc) is 3.42. The zero-order valence-corrected chi connectivity index (χ0v) is 37.6. The van der Waals surface area contributed by atoms with Gasteiger partial charge in [0, 0.05) is 24.3 Å². The van der Waals surface area contributed by atoms with E-state index in [0.29, 0.717) is 80.1 Å². The molecule has 3 aliphatic carbocycles. The highest BCUT2D eigenvalue weighted by Gasteiger charge is 2.68. The molecule has 1 amide bonds. The van der Waals surface area contributed by atoms with Crippen molar-refractivity contribution in [2.45, 2.75) is 147 Å². The molecule has 3 fully saturated rings. The number of allylic oxidation sites excluding steroid dienone is 8. The number of Topliss-reactive ketones (excluding diaryl/α,β-unsaturated/α-hetero) is 1. The molecule has 10 nitrogen and oxygen atoms in total. The zero-order chi connectivity index (χ0) is 45.1. The normalized spacial score (nSPS) is 33.1. The number of β-amino-alcohol motifs (C(OH)–C–C–N with tert-alkyl or cyclic N) is 1. The fraction of sp³-hybridized carbons (Fsp3) is 0.547. The molecule has 1 spiro atoms. The van der Waals surface area contributed by atoms with Gasteiger partial charge in [0.15, 0.2) is 5.78 Å². The van der Waals surface area contributed by atoms with Crippen LogP contribution >= 0.6 is 0 Å². The summed E-state index contributed by atoms with van der Waals surface area (Å²) in [5.74, 6) is -1.25. The summed E-state index contributed by atoms with van der Waals surface area (Å²) < 4.78 is 0. The SMILES string of the molecule is C=C(/C=C/C=C(/CO)[C@H]1[C@@H]2CCC[C@@]3(O)CCC4=C(C)C(=O)Cc5cccc6c5[C@@H](NC[C@H](O)CCc5cccc(c5)C[C@@H](O)CC[C@H]4[C@]3(C2)[C@@H]1O)C(=O)N[C@@H]6N)CCC=C(C)C. The lowest BCUT2D eigenvalue weighted by molar-refractivity contribution is -0.181. The van der Waals surface area contributed by atoms with E-state index in [9.17, 15) is 35.1 Å². The Kier molecular flexibility index (Phi) is 14.9. The number of aliphatic hydroxyl groups excluding tert-OH is 4. The minimum absolute atomic E-state index is 0.0000723. The predicted octanol–water partition coefficient (Wildman–Crippen LogP) is 6.61. The molecule has 10 atom stereocenters. The molecule has 4 bridgehead atoms. The monoisotopic (exact) mass is 862 g/mol. The summed E-state index contributed by atoms with van der Waals surface area (Å²) in [5, 5.41) is 66.0. The van der Waals surface area contributed by atoms with Crippen LogP contribution in [-0.2, 0) is 28.9 Å². The van der Waals surface area contributed by atoms with Gasteiger partial charge in [-0.25, -0.2) is 0 Å². The van der Waals surface area contributed by atoms with Gasteiger partial charge in [0.05, 0.1) is 30.5 Å². The molecule has 340 valence electrons. The van der Waals surface area contributed by atoms with E-state index in [4.69, 9.17) is 5.73 Å². The highest BCUT2D eigenvalue weighted by atomic mass is 16.3. The van der Waals surface area contributed by atoms with E-state index in [2.05, 4.69) is 43.2 Å². The third kappa shape index (κ3) is 9.83. The van der Waals surface area contributed by atoms with Crippen LogP contribution in [0.15, 0.2) is 101 Å². The molecule has 9 N–H and O–H groups in total. The molecule has 3 saturated carbocycles. The van der Waals surface area contributed by atoms with Crippen LogP contribution in [0.4, 0.5) is 0 Å². The fourth-order valence-corrected chi connectivity index (χ4v) is 12.2. The number of amides is 1. The fourth-order valence-electron chi connectivity index (χ4n) is 12.2. The van der Waals surface area contributed by atoms with Gasteiger partial charge in [-0.1, -0.05) is 96.5 Å². The number of ketones is 1. The maximum atomic E-state index is 14.8. The largest absolute Gasteiger partial charge is 0.393 e. The van der Waals surface area contributed by atoms with Gasteiger partial charge in [-0.3, -0.25) is 14.9 Å². The molecule has 0 saturated heterocycles. The summed E-state index contributed by atoms with van der Waals surface area (Å²) in [5.41, 5.74) is 12.7. The van der Waals surface area contributed by atoms with Gasteiger partial charge in [-0.2, -0.15) is 0 Å². The van der Waals surface area contributed by atoms with Crippen LogP contribution in [0, 0.1) is 23.2 Å². The quantitative estimate of drug-likeness (QED) is 0.112. The summed E-state index contributed by atoms with van der Waals surface area (Å²) in [7, 11) is 0. The number of nitrogens with one attached hydrogen (secondary N) is 2. The predicted molar refractivity (Wildman–Crippen MR) is 247 cm³/mol. The molecule has 2 heterocycles. The Morgan fingerprint density at radius 1 is 0.984 bits per heavy atom. The lowest BCUT2D eigenvalue weighted by Crippen LogP contribution is -2.61. The molecule has 0 aromatic heterocycles. The minimum Gasteiger partial charge on any atom is -0.393 e. The van der Waals surface area contributed by atoms with Crippen LogP contribution in [0.2, 0.25) is 0 Å². The standard InChI is InChI=1S/C53H71N3O7/c1-32(2)10-5-11-33(3)12-6-16-39(31-57)46-38-17-9-24-52(63)25-23-42-34(4)45(60)28-37-15-8-18-43-47(37)48(51(62)56-50(43)54)55-30-41(59)20-19-35-13-7-14-36(26-35)27-40(58)21-22-44(42)53(52,29-38)49(46)61/h6-8,10,12-16,18,26,38,40-41,44,46,48-50,55,57-59,61,63H,3,5,9,11,17,19-25,27-31,54H2,1-2,4H3,(H,56,62)/b12-6+,39-16-,42-34?/t38-,40+,41-,44-,46-,48-,49-,50+,52-,53-/m1/s1. The Morgan fingerprint density at radius 2 is 1.76 bits per heavy atom. The number of carbonyl (C=O) groups excluding carboxylic acids is 2. The van der Waals surface area contributed by atoms with E-state index in [0.717, 1.165) is 53.5 Å². The van der Waals surface area contributed by atoms with Crippen molar-refractivity contribution in [2.24, 2.45) is 28.9 Å². The number of carbonyl (C=O) groups is 2. The number of aryl methyl sites for hydroxylation is 1. The molecule has 5 aliphatic rings. The first-order valence-electron chi connectivity index (χ1n) is 23.4. The van der Waals surface area contributed by atoms with Gasteiger partial charge >= 0.3 is 0 Å². The zero-order valence-electron chi connectivity index (χ0n) is 37.6. The number of nitrogens with two attached hydrogens (primary N) is 1. The molecule has 0 unspecified atom stereocenters. The maximum Gasteiger partial charge on any atom is 0.243 e. The van der Waals surface area contributed by atoms with Crippen molar-refractivity contribution in [1.82, 2.24) is 10.6 Å². The molecule has 2 aliphatic heterocycles. The third-order valence-electron chi connectivity index (χ3n) is 15.4. The Balaban J connectivity index is 1.30. The summed E-state index contributed by atoms with van der Waals surface area (Å²) >= 11 is 0. The van der Waals surface area contributed by atoms with Crippen molar-refractivity contribution in [3.63, 3.8) is 0 Å². The van der Waals surface area contributed by atoms with Crippen molar-refractivity contribution in [2.75, 3.05) is 13.2 Å². The van der Waals surface area contributed by atoms with Crippen molar-refractivity contribution >= 4 is 11.7 Å². The first-order valence-corrected chi connectivity index (χ1v) is 23.4. The molecule has 2 aromatic carbocycles. The summed E-state index contributed by atoms with van der Waals surface area (Å²) in [6, 6.07) is 12.8. The Labute approximate surface area is 374 Å². The summed E-state index contributed by atoms with van der Waals surface area (Å²) in [6.45, 7) is 10.2. The molecule has 2 aromatic rings. The molecule has 7 rings (SSSR count). The van der Waals surface area contributed by atoms with Crippen LogP contribution in [0.5, 0.6) is 0 Å². The number of aliphatic hydroxyl groups is 5. The van der Waals surface area contributed by atoms with E-state index >= 15 is 0 Å². The maximum absolute atomic E-state index is 14.8. The number of rotatable bonds is 7. The molecule has 63 heavy (non-hydrogen) atoms.